The van der Waals surface area contributed by atoms with Crippen LogP contribution in [0.4, 0.5) is 18.9 Å². The maximum absolute atomic E-state index is 13.1. The first-order valence-electron chi connectivity index (χ1n) is 10.3. The Morgan fingerprint density at radius 3 is 2.66 bits per heavy atom. The van der Waals surface area contributed by atoms with Gasteiger partial charge in [0.15, 0.2) is 0 Å². The van der Waals surface area contributed by atoms with Crippen LogP contribution in [0, 0.1) is 6.92 Å². The molecule has 0 saturated carbocycles. The van der Waals surface area contributed by atoms with Crippen LogP contribution in [0.5, 0.6) is 5.75 Å². The number of carbonyl (C=O) groups is 1. The van der Waals surface area contributed by atoms with Gasteiger partial charge in [-0.05, 0) is 54.5 Å². The first kappa shape index (κ1) is 25.0. The van der Waals surface area contributed by atoms with E-state index < -0.39 is 39.5 Å². The quantitative estimate of drug-likeness (QED) is 0.456. The molecule has 0 radical (unpaired) electrons. The summed E-state index contributed by atoms with van der Waals surface area (Å²) in [5, 5.41) is 8.52. The molecule has 3 aromatic rings. The third-order valence-corrected chi connectivity index (χ3v) is 7.88. The van der Waals surface area contributed by atoms with Crippen molar-refractivity contribution in [2.45, 2.75) is 31.1 Å². The number of aromatic nitrogens is 1. The molecule has 1 aliphatic heterocycles. The molecule has 3 N–H and O–H groups in total. The van der Waals surface area contributed by atoms with Crippen LogP contribution in [0.25, 0.3) is 11.1 Å². The molecule has 1 amide bonds. The molecule has 2 heterocycles. The molecule has 2 unspecified atom stereocenters. The Balaban J connectivity index is 1.66. The molecule has 0 spiro atoms. The van der Waals surface area contributed by atoms with Crippen molar-refractivity contribution in [2.24, 2.45) is 16.5 Å². The molecule has 1 aromatic heterocycles. The minimum Gasteiger partial charge on any atom is -0.405 e. The summed E-state index contributed by atoms with van der Waals surface area (Å²) in [6.45, 7) is 3.28. The number of alkyl halides is 3. The summed E-state index contributed by atoms with van der Waals surface area (Å²) in [4.78, 5) is 26.9. The Bertz CT molecular complexity index is 1420. The summed E-state index contributed by atoms with van der Waals surface area (Å²) < 4.78 is 48.2. The topological polar surface area (TPSA) is 98.7 Å². The molecule has 0 bridgehead atoms. The van der Waals surface area contributed by atoms with Crippen LogP contribution < -0.4 is 20.8 Å². The minimum atomic E-state index is -4.88. The molecule has 2 aromatic carbocycles. The lowest BCUT2D eigenvalue weighted by molar-refractivity contribution is -0.275. The Hall–Kier alpha value is -3.09. The minimum absolute atomic E-state index is 0.124. The normalized spacial score (nSPS) is 15.8. The number of nitrogens with two attached hydrogens (primary N) is 1. The highest BCUT2D eigenvalue weighted by Crippen LogP contribution is 2.41. The fourth-order valence-corrected chi connectivity index (χ4v) is 6.03. The van der Waals surface area contributed by atoms with E-state index in [1.807, 2.05) is 18.2 Å². The molecule has 184 valence electrons. The van der Waals surface area contributed by atoms with Gasteiger partial charge in [0.1, 0.15) is 11.3 Å². The van der Waals surface area contributed by atoms with E-state index in [1.165, 1.54) is 52.6 Å². The van der Waals surface area contributed by atoms with Gasteiger partial charge in [-0.25, -0.2) is 4.36 Å². The molecule has 35 heavy (non-hydrogen) atoms. The van der Waals surface area contributed by atoms with Crippen LogP contribution in [-0.2, 0) is 17.0 Å². The number of amides is 1. The van der Waals surface area contributed by atoms with Crippen LogP contribution in [0.3, 0.4) is 0 Å². The molecule has 1 aliphatic rings. The number of hydrogen-bond acceptors (Lipinski definition) is 6. The van der Waals surface area contributed by atoms with E-state index >= 15 is 0 Å². The van der Waals surface area contributed by atoms with Crippen molar-refractivity contribution in [3.63, 3.8) is 0 Å². The second-order valence-electron chi connectivity index (χ2n) is 7.84. The van der Waals surface area contributed by atoms with E-state index in [1.54, 1.807) is 14.0 Å². The number of halogens is 3. The third-order valence-electron chi connectivity index (χ3n) is 5.55. The summed E-state index contributed by atoms with van der Waals surface area (Å²) in [6.07, 6.45) is -4.88. The van der Waals surface area contributed by atoms with Crippen LogP contribution >= 0.6 is 10.8 Å². The van der Waals surface area contributed by atoms with Crippen LogP contribution in [0.2, 0.25) is 0 Å². The lowest BCUT2D eigenvalue weighted by Gasteiger charge is -2.20. The number of fused-ring (bicyclic) bond motifs is 1. The first-order chi connectivity index (χ1) is 16.4. The molecule has 4 rings (SSSR count). The van der Waals surface area contributed by atoms with Gasteiger partial charge in [0, 0.05) is 38.7 Å². The van der Waals surface area contributed by atoms with Gasteiger partial charge in [-0.1, -0.05) is 24.3 Å². The van der Waals surface area contributed by atoms with Crippen molar-refractivity contribution in [1.29, 1.82) is 0 Å². The number of carbonyl (C=O) groups excluding carboxylic acids is 1. The summed E-state index contributed by atoms with van der Waals surface area (Å²) in [5.41, 5.74) is 2.35. The lowest BCUT2D eigenvalue weighted by Crippen LogP contribution is -2.34. The van der Waals surface area contributed by atoms with E-state index in [-0.39, 0.29) is 11.1 Å². The Morgan fingerprint density at radius 2 is 1.94 bits per heavy atom. The molecular formula is C23H21F3N4O3S2. The average Bonchev–Trinajstić information content (AvgIpc) is 3.16. The van der Waals surface area contributed by atoms with Gasteiger partial charge in [0.05, 0.1) is 11.7 Å². The molecule has 0 saturated heterocycles. The number of nitrogens with one attached hydrogen (secondary N) is 1. The van der Waals surface area contributed by atoms with Crippen molar-refractivity contribution in [2.75, 3.05) is 0 Å². The molecule has 2 atom stereocenters. The predicted molar refractivity (Wildman–Crippen MR) is 130 cm³/mol. The van der Waals surface area contributed by atoms with Crippen LogP contribution in [0.1, 0.15) is 34.6 Å². The second-order valence-corrected chi connectivity index (χ2v) is 10.7. The summed E-state index contributed by atoms with van der Waals surface area (Å²) >= 11 is 0. The maximum atomic E-state index is 13.1. The van der Waals surface area contributed by atoms with Gasteiger partial charge in [-0.15, -0.1) is 13.2 Å². The van der Waals surface area contributed by atoms with E-state index in [0.717, 1.165) is 16.1 Å². The summed E-state index contributed by atoms with van der Waals surface area (Å²) in [5.74, 6) is -1.14. The van der Waals surface area contributed by atoms with E-state index in [0.29, 0.717) is 11.3 Å². The third kappa shape index (κ3) is 5.29. The van der Waals surface area contributed by atoms with Crippen molar-refractivity contribution in [1.82, 2.24) is 9.88 Å². The van der Waals surface area contributed by atoms with Gasteiger partial charge in [-0.2, -0.15) is 0 Å². The Kier molecular flexibility index (Phi) is 6.80. The highest BCUT2D eigenvalue weighted by molar-refractivity contribution is 8.69. The maximum Gasteiger partial charge on any atom is 0.573 e. The zero-order valence-electron chi connectivity index (χ0n) is 18.8. The summed E-state index contributed by atoms with van der Waals surface area (Å²) in [7, 11) is 2.34. The van der Waals surface area contributed by atoms with Gasteiger partial charge in [-0.3, -0.25) is 14.7 Å². The van der Waals surface area contributed by atoms with Crippen molar-refractivity contribution >= 4 is 32.3 Å². The van der Waals surface area contributed by atoms with E-state index in [2.05, 4.69) is 14.4 Å². The Labute approximate surface area is 205 Å². The number of para-hydroxylation sites is 1. The zero-order chi connectivity index (χ0) is 25.5. The number of hydrogen-bond donors (Lipinski definition) is 2. The van der Waals surface area contributed by atoms with Crippen molar-refractivity contribution in [3.05, 3.63) is 75.7 Å². The highest BCUT2D eigenvalue weighted by atomic mass is 33.1. The molecular weight excluding hydrogens is 501 g/mol. The number of benzene rings is 2. The fraction of sp³-hybridized carbons (Fsp3) is 0.217. The monoisotopic (exact) mass is 522 g/mol. The van der Waals surface area contributed by atoms with Crippen LogP contribution in [-0.4, -0.2) is 16.8 Å². The van der Waals surface area contributed by atoms with Crippen LogP contribution in [0.15, 0.2) is 62.6 Å². The standard InChI is InChI=1S/C23H21F3N4O3S2/c1-12(15-6-4-5-7-19(15)33-23(24,25)26)28-21(31)17-11-16(13(2)30(3)22(17)32)14-8-9-18-20(10-14)34-35(27)29-18/h4-12H,1-3H3,(H2,27,29)(H,28,31). The molecule has 7 nitrogen and oxygen atoms in total. The highest BCUT2D eigenvalue weighted by Gasteiger charge is 2.33. The summed E-state index contributed by atoms with van der Waals surface area (Å²) in [6, 6.07) is 11.7. The average molecular weight is 523 g/mol. The van der Waals surface area contributed by atoms with Gasteiger partial charge < -0.3 is 14.6 Å². The zero-order valence-corrected chi connectivity index (χ0v) is 20.5. The first-order valence-corrected chi connectivity index (χ1v) is 12.9. The van der Waals surface area contributed by atoms with Gasteiger partial charge in [0.2, 0.25) is 0 Å². The number of nitrogens with zero attached hydrogens (tertiary/aromatic N) is 2. The molecule has 0 aliphatic carbocycles. The largest absolute Gasteiger partial charge is 0.573 e. The fourth-order valence-electron chi connectivity index (χ4n) is 3.72. The molecule has 0 fully saturated rings. The number of ether oxygens (including phenoxy) is 1. The number of rotatable bonds is 5. The predicted octanol–water partition coefficient (Wildman–Crippen LogP) is 5.08. The smallest absolute Gasteiger partial charge is 0.405 e. The Morgan fingerprint density at radius 1 is 1.23 bits per heavy atom. The van der Waals surface area contributed by atoms with Gasteiger partial charge in [0.25, 0.3) is 11.5 Å². The lowest BCUT2D eigenvalue weighted by atomic mass is 10.0. The second kappa shape index (κ2) is 9.51. The molecule has 12 heteroatoms. The van der Waals surface area contributed by atoms with E-state index in [9.17, 15) is 22.8 Å². The van der Waals surface area contributed by atoms with E-state index in [4.69, 9.17) is 5.14 Å². The van der Waals surface area contributed by atoms with Crippen molar-refractivity contribution < 1.29 is 22.7 Å². The van der Waals surface area contributed by atoms with Crippen molar-refractivity contribution in [3.8, 4) is 16.9 Å². The number of pyridine rings is 1. The SMILES string of the molecule is Cc1c(-c2ccc3c(c2)SS(N)=N3)cc(C(=O)NC(C)c2ccccc2OC(F)(F)F)c(=O)n1C. The van der Waals surface area contributed by atoms with Gasteiger partial charge >= 0.3 is 6.36 Å².